The monoisotopic (exact) mass is 209 g/mol. The summed E-state index contributed by atoms with van der Waals surface area (Å²) in [5, 5.41) is 0. The molecular formula is C12H19NO2. The summed E-state index contributed by atoms with van der Waals surface area (Å²) in [6.07, 6.45) is 1.00. The van der Waals surface area contributed by atoms with E-state index in [4.69, 9.17) is 15.2 Å². The highest BCUT2D eigenvalue weighted by atomic mass is 16.5. The van der Waals surface area contributed by atoms with Gasteiger partial charge in [-0.05, 0) is 37.1 Å². The van der Waals surface area contributed by atoms with Gasteiger partial charge in [-0.1, -0.05) is 6.92 Å². The largest absolute Gasteiger partial charge is 0.497 e. The van der Waals surface area contributed by atoms with E-state index >= 15 is 0 Å². The first-order chi connectivity index (χ1) is 7.26. The number of hydrogen-bond donors (Lipinski definition) is 1. The van der Waals surface area contributed by atoms with Crippen molar-refractivity contribution in [2.45, 2.75) is 19.3 Å². The molecule has 0 bridgehead atoms. The van der Waals surface area contributed by atoms with Crippen LogP contribution in [0.1, 0.15) is 24.8 Å². The van der Waals surface area contributed by atoms with E-state index in [0.717, 1.165) is 23.5 Å². The van der Waals surface area contributed by atoms with E-state index in [1.54, 1.807) is 14.2 Å². The van der Waals surface area contributed by atoms with Crippen molar-refractivity contribution in [2.24, 2.45) is 5.73 Å². The van der Waals surface area contributed by atoms with Gasteiger partial charge in [-0.25, -0.2) is 0 Å². The molecule has 1 rings (SSSR count). The number of methoxy groups -OCH3 is 2. The zero-order valence-corrected chi connectivity index (χ0v) is 9.62. The van der Waals surface area contributed by atoms with Crippen LogP contribution in [0, 0.1) is 0 Å². The van der Waals surface area contributed by atoms with Crippen LogP contribution in [0.4, 0.5) is 0 Å². The molecule has 2 N–H and O–H groups in total. The van der Waals surface area contributed by atoms with Crippen molar-refractivity contribution in [1.82, 2.24) is 0 Å². The third-order valence-corrected chi connectivity index (χ3v) is 2.65. The summed E-state index contributed by atoms with van der Waals surface area (Å²) >= 11 is 0. The fourth-order valence-corrected chi connectivity index (χ4v) is 1.67. The minimum absolute atomic E-state index is 0.329. The van der Waals surface area contributed by atoms with Crippen LogP contribution >= 0.6 is 0 Å². The third-order valence-electron chi connectivity index (χ3n) is 2.65. The highest BCUT2D eigenvalue weighted by molar-refractivity contribution is 5.42. The maximum absolute atomic E-state index is 5.73. The van der Waals surface area contributed by atoms with Crippen molar-refractivity contribution in [3.05, 3.63) is 23.8 Å². The first-order valence-corrected chi connectivity index (χ1v) is 5.18. The van der Waals surface area contributed by atoms with Gasteiger partial charge in [-0.15, -0.1) is 0 Å². The van der Waals surface area contributed by atoms with Crippen molar-refractivity contribution < 1.29 is 9.47 Å². The van der Waals surface area contributed by atoms with Gasteiger partial charge in [0.05, 0.1) is 14.2 Å². The van der Waals surface area contributed by atoms with E-state index < -0.39 is 0 Å². The lowest BCUT2D eigenvalue weighted by Gasteiger charge is -2.17. The number of benzene rings is 1. The molecule has 0 aliphatic rings. The van der Waals surface area contributed by atoms with Crippen molar-refractivity contribution in [1.29, 1.82) is 0 Å². The topological polar surface area (TPSA) is 44.5 Å². The fraction of sp³-hybridized carbons (Fsp3) is 0.500. The molecule has 1 aromatic rings. The van der Waals surface area contributed by atoms with Crippen LogP contribution in [0.3, 0.4) is 0 Å². The Labute approximate surface area is 91.2 Å². The Balaban J connectivity index is 3.09. The molecule has 84 valence electrons. The molecule has 3 nitrogen and oxygen atoms in total. The van der Waals surface area contributed by atoms with E-state index in [-0.39, 0.29) is 0 Å². The maximum atomic E-state index is 5.73. The quantitative estimate of drug-likeness (QED) is 0.808. The molecule has 0 amide bonds. The van der Waals surface area contributed by atoms with Gasteiger partial charge >= 0.3 is 0 Å². The molecule has 15 heavy (non-hydrogen) atoms. The summed E-state index contributed by atoms with van der Waals surface area (Å²) in [4.78, 5) is 0. The molecule has 0 saturated carbocycles. The minimum Gasteiger partial charge on any atom is -0.497 e. The molecule has 0 fully saturated rings. The van der Waals surface area contributed by atoms with Crippen molar-refractivity contribution in [2.75, 3.05) is 20.8 Å². The van der Waals surface area contributed by atoms with Crippen LogP contribution in [-0.4, -0.2) is 20.8 Å². The smallest absolute Gasteiger partial charge is 0.122 e. The van der Waals surface area contributed by atoms with E-state index in [1.165, 1.54) is 0 Å². The van der Waals surface area contributed by atoms with Gasteiger partial charge in [0, 0.05) is 5.56 Å². The van der Waals surface area contributed by atoms with Crippen LogP contribution < -0.4 is 15.2 Å². The summed E-state index contributed by atoms with van der Waals surface area (Å²) in [6, 6.07) is 5.82. The van der Waals surface area contributed by atoms with Gasteiger partial charge < -0.3 is 15.2 Å². The van der Waals surface area contributed by atoms with E-state index in [9.17, 15) is 0 Å². The van der Waals surface area contributed by atoms with Crippen molar-refractivity contribution >= 4 is 0 Å². The SMILES string of the molecule is CCC(CN)c1cc(OC)ccc1OC. The number of ether oxygens (including phenoxy) is 2. The van der Waals surface area contributed by atoms with E-state index in [1.807, 2.05) is 18.2 Å². The molecule has 0 saturated heterocycles. The lowest BCUT2D eigenvalue weighted by Crippen LogP contribution is -2.12. The number of hydrogen-bond acceptors (Lipinski definition) is 3. The van der Waals surface area contributed by atoms with Crippen LogP contribution in [-0.2, 0) is 0 Å². The minimum atomic E-state index is 0.329. The Morgan fingerprint density at radius 2 is 2.00 bits per heavy atom. The zero-order valence-electron chi connectivity index (χ0n) is 9.62. The number of nitrogens with two attached hydrogens (primary N) is 1. The molecule has 0 aliphatic heterocycles. The second-order valence-electron chi connectivity index (χ2n) is 3.45. The Bertz CT molecular complexity index is 308. The van der Waals surface area contributed by atoms with Crippen LogP contribution in [0.25, 0.3) is 0 Å². The summed E-state index contributed by atoms with van der Waals surface area (Å²) in [5.41, 5.74) is 6.86. The lowest BCUT2D eigenvalue weighted by atomic mass is 9.95. The molecule has 1 aromatic carbocycles. The fourth-order valence-electron chi connectivity index (χ4n) is 1.67. The Hall–Kier alpha value is -1.22. The van der Waals surface area contributed by atoms with Crippen LogP contribution in [0.15, 0.2) is 18.2 Å². The molecule has 0 radical (unpaired) electrons. The highest BCUT2D eigenvalue weighted by Gasteiger charge is 2.13. The van der Waals surface area contributed by atoms with Crippen molar-refractivity contribution in [3.8, 4) is 11.5 Å². The van der Waals surface area contributed by atoms with Gasteiger partial charge in [0.1, 0.15) is 11.5 Å². The van der Waals surface area contributed by atoms with Gasteiger partial charge in [-0.3, -0.25) is 0 Å². The maximum Gasteiger partial charge on any atom is 0.122 e. The molecule has 0 aromatic heterocycles. The third kappa shape index (κ3) is 2.63. The van der Waals surface area contributed by atoms with Gasteiger partial charge in [0.25, 0.3) is 0 Å². The molecule has 1 atom stereocenters. The standard InChI is InChI=1S/C12H19NO2/c1-4-9(8-13)11-7-10(14-2)5-6-12(11)15-3/h5-7,9H,4,8,13H2,1-3H3. The van der Waals surface area contributed by atoms with Crippen LogP contribution in [0.2, 0.25) is 0 Å². The Morgan fingerprint density at radius 1 is 1.27 bits per heavy atom. The van der Waals surface area contributed by atoms with E-state index in [0.29, 0.717) is 12.5 Å². The average Bonchev–Trinajstić information content (AvgIpc) is 2.30. The highest BCUT2D eigenvalue weighted by Crippen LogP contribution is 2.31. The normalized spacial score (nSPS) is 12.3. The van der Waals surface area contributed by atoms with Crippen LogP contribution in [0.5, 0.6) is 11.5 Å². The summed E-state index contributed by atoms with van der Waals surface area (Å²) in [5.74, 6) is 2.06. The summed E-state index contributed by atoms with van der Waals surface area (Å²) in [7, 11) is 3.34. The molecule has 0 aliphatic carbocycles. The zero-order chi connectivity index (χ0) is 11.3. The molecular weight excluding hydrogens is 190 g/mol. The second-order valence-corrected chi connectivity index (χ2v) is 3.45. The predicted octanol–water partition coefficient (Wildman–Crippen LogP) is 2.16. The second kappa shape index (κ2) is 5.61. The van der Waals surface area contributed by atoms with E-state index in [2.05, 4.69) is 6.92 Å². The average molecular weight is 209 g/mol. The summed E-state index contributed by atoms with van der Waals surface area (Å²) in [6.45, 7) is 2.75. The summed E-state index contributed by atoms with van der Waals surface area (Å²) < 4.78 is 10.5. The molecule has 0 heterocycles. The molecule has 3 heteroatoms. The Morgan fingerprint density at radius 3 is 2.47 bits per heavy atom. The van der Waals surface area contributed by atoms with Crippen molar-refractivity contribution in [3.63, 3.8) is 0 Å². The van der Waals surface area contributed by atoms with Gasteiger partial charge in [0.15, 0.2) is 0 Å². The number of rotatable bonds is 5. The first-order valence-electron chi connectivity index (χ1n) is 5.18. The van der Waals surface area contributed by atoms with Gasteiger partial charge in [-0.2, -0.15) is 0 Å². The predicted molar refractivity (Wildman–Crippen MR) is 61.6 cm³/mol. The van der Waals surface area contributed by atoms with Gasteiger partial charge in [0.2, 0.25) is 0 Å². The molecule has 1 unspecified atom stereocenters. The molecule has 0 spiro atoms. The lowest BCUT2D eigenvalue weighted by molar-refractivity contribution is 0.394. The Kier molecular flexibility index (Phi) is 4.43. The first kappa shape index (κ1) is 11.9.